The molecule has 0 aromatic heterocycles. The van der Waals surface area contributed by atoms with Gasteiger partial charge in [-0.3, -0.25) is 0 Å². The highest BCUT2D eigenvalue weighted by atomic mass is 127. The van der Waals surface area contributed by atoms with Crippen LogP contribution in [0.2, 0.25) is 0 Å². The van der Waals surface area contributed by atoms with Gasteiger partial charge >= 0.3 is 0 Å². The molecule has 0 saturated carbocycles. The molecule has 0 N–H and O–H groups in total. The van der Waals surface area contributed by atoms with Crippen LogP contribution in [0.5, 0.6) is 0 Å². The molecule has 76 valence electrons. The minimum atomic E-state index is 0.250. The summed E-state index contributed by atoms with van der Waals surface area (Å²) >= 11 is 2.37. The van der Waals surface area contributed by atoms with Crippen LogP contribution in [-0.2, 0) is 5.41 Å². The maximum atomic E-state index is 2.37. The summed E-state index contributed by atoms with van der Waals surface area (Å²) in [4.78, 5) is 0. The summed E-state index contributed by atoms with van der Waals surface area (Å²) in [7, 11) is 0. The number of rotatable bonds is 1. The van der Waals surface area contributed by atoms with E-state index in [0.717, 1.165) is 0 Å². The molecule has 0 fully saturated rings. The van der Waals surface area contributed by atoms with E-state index in [1.165, 1.54) is 14.7 Å². The molecule has 0 heterocycles. The van der Waals surface area contributed by atoms with E-state index in [2.05, 4.69) is 80.6 Å². The Hall–Kier alpha value is -0.310. The van der Waals surface area contributed by atoms with Crippen molar-refractivity contribution >= 4 is 26.2 Å². The molecule has 0 aliphatic carbocycles. The number of allylic oxidation sites excluding steroid dienone is 1. The molecule has 0 saturated heterocycles. The summed E-state index contributed by atoms with van der Waals surface area (Å²) in [6, 6.07) is 8.83. The lowest BCUT2D eigenvalue weighted by molar-refractivity contribution is 0.590. The Morgan fingerprint density at radius 3 is 2.00 bits per heavy atom. The molecule has 0 bridgehead atoms. The van der Waals surface area contributed by atoms with Crippen molar-refractivity contribution in [3.8, 4) is 0 Å². The molecule has 14 heavy (non-hydrogen) atoms. The second kappa shape index (κ2) is 4.47. The van der Waals surface area contributed by atoms with Crippen molar-refractivity contribution in [3.05, 3.63) is 41.5 Å². The van der Waals surface area contributed by atoms with Gasteiger partial charge in [-0.2, -0.15) is 0 Å². The Kier molecular flexibility index (Phi) is 3.76. The fraction of sp³-hybridized carbons (Fsp3) is 0.385. The normalized spacial score (nSPS) is 13.1. The third-order valence-corrected chi connectivity index (χ3v) is 3.53. The second-order valence-corrected chi connectivity index (χ2v) is 5.63. The summed E-state index contributed by atoms with van der Waals surface area (Å²) in [5, 5.41) is 0. The van der Waals surface area contributed by atoms with Crippen LogP contribution < -0.4 is 0 Å². The highest BCUT2D eigenvalue weighted by Crippen LogP contribution is 2.26. The lowest BCUT2D eigenvalue weighted by Gasteiger charge is -2.19. The SMILES string of the molecule is C/C=C(\I)c1ccc(C(C)(C)C)cc1. The van der Waals surface area contributed by atoms with E-state index in [0.29, 0.717) is 0 Å². The molecule has 0 amide bonds. The minimum Gasteiger partial charge on any atom is -0.0736 e. The van der Waals surface area contributed by atoms with Gasteiger partial charge in [0.05, 0.1) is 0 Å². The fourth-order valence-electron chi connectivity index (χ4n) is 1.30. The van der Waals surface area contributed by atoms with Gasteiger partial charge in [0.2, 0.25) is 0 Å². The fourth-order valence-corrected chi connectivity index (χ4v) is 1.66. The number of benzene rings is 1. The van der Waals surface area contributed by atoms with Crippen LogP contribution in [0.15, 0.2) is 30.3 Å². The van der Waals surface area contributed by atoms with Gasteiger partial charge in [0.15, 0.2) is 0 Å². The Labute approximate surface area is 101 Å². The zero-order valence-electron chi connectivity index (χ0n) is 9.26. The lowest BCUT2D eigenvalue weighted by atomic mass is 9.87. The lowest BCUT2D eigenvalue weighted by Crippen LogP contribution is -2.10. The largest absolute Gasteiger partial charge is 0.0736 e. The molecule has 0 radical (unpaired) electrons. The monoisotopic (exact) mass is 300 g/mol. The molecular formula is C13H17I. The van der Waals surface area contributed by atoms with Crippen molar-refractivity contribution in [2.24, 2.45) is 0 Å². The van der Waals surface area contributed by atoms with Crippen molar-refractivity contribution in [1.29, 1.82) is 0 Å². The summed E-state index contributed by atoms with van der Waals surface area (Å²) in [6.45, 7) is 8.79. The molecular weight excluding hydrogens is 283 g/mol. The van der Waals surface area contributed by atoms with Gasteiger partial charge in [-0.1, -0.05) is 51.1 Å². The van der Waals surface area contributed by atoms with Crippen molar-refractivity contribution in [2.45, 2.75) is 33.1 Å². The zero-order chi connectivity index (χ0) is 10.8. The number of hydrogen-bond donors (Lipinski definition) is 0. The first-order valence-corrected chi connectivity index (χ1v) is 5.96. The van der Waals surface area contributed by atoms with Crippen molar-refractivity contribution in [3.63, 3.8) is 0 Å². The topological polar surface area (TPSA) is 0 Å². The quantitative estimate of drug-likeness (QED) is 0.655. The van der Waals surface area contributed by atoms with Gasteiger partial charge in [0, 0.05) is 3.58 Å². The summed E-state index contributed by atoms with van der Waals surface area (Å²) in [6.07, 6.45) is 2.13. The molecule has 1 rings (SSSR count). The van der Waals surface area contributed by atoms with Crippen molar-refractivity contribution < 1.29 is 0 Å². The predicted octanol–water partition coefficient (Wildman–Crippen LogP) is 4.78. The summed E-state index contributed by atoms with van der Waals surface area (Å²) < 4.78 is 1.31. The maximum Gasteiger partial charge on any atom is 0.0160 e. The van der Waals surface area contributed by atoms with E-state index < -0.39 is 0 Å². The van der Waals surface area contributed by atoms with Crippen molar-refractivity contribution in [2.75, 3.05) is 0 Å². The van der Waals surface area contributed by atoms with Gasteiger partial charge in [0.25, 0.3) is 0 Å². The third-order valence-electron chi connectivity index (χ3n) is 2.28. The van der Waals surface area contributed by atoms with Crippen LogP contribution in [0.1, 0.15) is 38.8 Å². The highest BCUT2D eigenvalue weighted by molar-refractivity contribution is 14.1. The molecule has 1 heteroatoms. The molecule has 0 nitrogen and oxygen atoms in total. The highest BCUT2D eigenvalue weighted by Gasteiger charge is 2.12. The molecule has 0 aliphatic rings. The van der Waals surface area contributed by atoms with E-state index in [4.69, 9.17) is 0 Å². The molecule has 1 aromatic rings. The molecule has 0 spiro atoms. The zero-order valence-corrected chi connectivity index (χ0v) is 11.4. The summed E-state index contributed by atoms with van der Waals surface area (Å²) in [5.41, 5.74) is 2.95. The Morgan fingerprint density at radius 1 is 1.14 bits per heavy atom. The van der Waals surface area contributed by atoms with E-state index >= 15 is 0 Å². The average Bonchev–Trinajstić information content (AvgIpc) is 2.15. The van der Waals surface area contributed by atoms with Crippen LogP contribution in [-0.4, -0.2) is 0 Å². The van der Waals surface area contributed by atoms with E-state index in [9.17, 15) is 0 Å². The van der Waals surface area contributed by atoms with Crippen LogP contribution >= 0.6 is 22.6 Å². The van der Waals surface area contributed by atoms with Crippen LogP contribution in [0, 0.1) is 0 Å². The predicted molar refractivity (Wildman–Crippen MR) is 72.8 cm³/mol. The molecule has 0 atom stereocenters. The Morgan fingerprint density at radius 2 is 1.64 bits per heavy atom. The first-order chi connectivity index (χ1) is 6.45. The second-order valence-electron chi connectivity index (χ2n) is 4.46. The molecule has 0 aliphatic heterocycles. The Balaban J connectivity index is 3.01. The maximum absolute atomic E-state index is 2.37. The van der Waals surface area contributed by atoms with E-state index in [-0.39, 0.29) is 5.41 Å². The van der Waals surface area contributed by atoms with Crippen LogP contribution in [0.25, 0.3) is 3.58 Å². The number of halogens is 1. The van der Waals surface area contributed by atoms with Gasteiger partial charge < -0.3 is 0 Å². The summed E-state index contributed by atoms with van der Waals surface area (Å²) in [5.74, 6) is 0. The third kappa shape index (κ3) is 2.84. The number of hydrogen-bond acceptors (Lipinski definition) is 0. The Bertz CT molecular complexity index is 325. The van der Waals surface area contributed by atoms with Gasteiger partial charge in [-0.25, -0.2) is 0 Å². The van der Waals surface area contributed by atoms with E-state index in [1.807, 2.05) is 0 Å². The van der Waals surface area contributed by atoms with Gasteiger partial charge in [-0.05, 0) is 46.1 Å². The molecule has 1 aromatic carbocycles. The van der Waals surface area contributed by atoms with Crippen LogP contribution in [0.3, 0.4) is 0 Å². The van der Waals surface area contributed by atoms with Crippen LogP contribution in [0.4, 0.5) is 0 Å². The van der Waals surface area contributed by atoms with Crippen molar-refractivity contribution in [1.82, 2.24) is 0 Å². The minimum absolute atomic E-state index is 0.250. The average molecular weight is 300 g/mol. The van der Waals surface area contributed by atoms with Gasteiger partial charge in [-0.15, -0.1) is 0 Å². The first-order valence-electron chi connectivity index (χ1n) is 4.88. The van der Waals surface area contributed by atoms with E-state index in [1.54, 1.807) is 0 Å². The molecule has 0 unspecified atom stereocenters. The van der Waals surface area contributed by atoms with Gasteiger partial charge in [0.1, 0.15) is 0 Å². The smallest absolute Gasteiger partial charge is 0.0160 e. The first kappa shape index (κ1) is 11.8. The standard InChI is InChI=1S/C13H17I/c1-5-12(14)10-6-8-11(9-7-10)13(2,3)4/h5-9H,1-4H3/b12-5-.